The molecule has 0 saturated heterocycles. The molecule has 0 heterocycles. The SMILES string of the molecule is C=C(N)C/C=C(C=O)\C=C\O. The lowest BCUT2D eigenvalue weighted by Gasteiger charge is -1.91. The molecule has 0 fully saturated rings. The van der Waals surface area contributed by atoms with Crippen LogP contribution in [0.15, 0.2) is 36.3 Å². The maximum atomic E-state index is 10.2. The van der Waals surface area contributed by atoms with Crippen molar-refractivity contribution in [2.75, 3.05) is 0 Å². The molecule has 0 aliphatic carbocycles. The Morgan fingerprint density at radius 2 is 2.27 bits per heavy atom. The fourth-order valence-electron chi connectivity index (χ4n) is 0.490. The van der Waals surface area contributed by atoms with Crippen LogP contribution in [-0.2, 0) is 4.79 Å². The van der Waals surface area contributed by atoms with Gasteiger partial charge in [0, 0.05) is 17.7 Å². The quantitative estimate of drug-likeness (QED) is 0.274. The van der Waals surface area contributed by atoms with E-state index in [2.05, 4.69) is 6.58 Å². The zero-order valence-electron chi connectivity index (χ0n) is 6.16. The summed E-state index contributed by atoms with van der Waals surface area (Å²) < 4.78 is 0. The molecule has 0 aliphatic rings. The van der Waals surface area contributed by atoms with Crippen molar-refractivity contribution in [3.63, 3.8) is 0 Å². The van der Waals surface area contributed by atoms with E-state index < -0.39 is 0 Å². The van der Waals surface area contributed by atoms with E-state index in [1.807, 2.05) is 0 Å². The Hall–Kier alpha value is -1.51. The van der Waals surface area contributed by atoms with Crippen LogP contribution in [0.1, 0.15) is 6.42 Å². The Morgan fingerprint density at radius 1 is 1.64 bits per heavy atom. The Balaban J connectivity index is 4.12. The van der Waals surface area contributed by atoms with Gasteiger partial charge in [-0.25, -0.2) is 0 Å². The molecule has 0 aromatic heterocycles. The monoisotopic (exact) mass is 153 g/mol. The van der Waals surface area contributed by atoms with Crippen molar-refractivity contribution in [2.24, 2.45) is 5.73 Å². The molecule has 0 aromatic carbocycles. The summed E-state index contributed by atoms with van der Waals surface area (Å²) in [6.07, 6.45) is 4.76. The zero-order valence-corrected chi connectivity index (χ0v) is 6.16. The van der Waals surface area contributed by atoms with Crippen molar-refractivity contribution in [3.8, 4) is 0 Å². The predicted molar refractivity (Wildman–Crippen MR) is 43.9 cm³/mol. The normalized spacial score (nSPS) is 11.8. The number of rotatable bonds is 4. The molecule has 0 saturated carbocycles. The van der Waals surface area contributed by atoms with E-state index in [4.69, 9.17) is 10.8 Å². The average molecular weight is 153 g/mol. The first-order valence-electron chi connectivity index (χ1n) is 3.10. The molecule has 0 bridgehead atoms. The number of aliphatic hydroxyl groups is 1. The molecule has 0 radical (unpaired) electrons. The molecule has 0 unspecified atom stereocenters. The van der Waals surface area contributed by atoms with E-state index >= 15 is 0 Å². The number of nitrogens with two attached hydrogens (primary N) is 1. The smallest absolute Gasteiger partial charge is 0.149 e. The number of aliphatic hydroxyl groups excluding tert-OH is 1. The highest BCUT2D eigenvalue weighted by Crippen LogP contribution is 1.97. The molecule has 0 aliphatic heterocycles. The average Bonchev–Trinajstić information content (AvgIpc) is 1.97. The molecular formula is C8H11NO2. The Kier molecular flexibility index (Phi) is 4.56. The molecule has 0 spiro atoms. The third-order valence-corrected chi connectivity index (χ3v) is 1.00. The van der Waals surface area contributed by atoms with Crippen LogP contribution in [0, 0.1) is 0 Å². The summed E-state index contributed by atoms with van der Waals surface area (Å²) in [6, 6.07) is 0. The summed E-state index contributed by atoms with van der Waals surface area (Å²) in [7, 11) is 0. The molecule has 3 heteroatoms. The number of aldehydes is 1. The lowest BCUT2D eigenvalue weighted by Crippen LogP contribution is -1.92. The zero-order chi connectivity index (χ0) is 8.69. The summed E-state index contributed by atoms with van der Waals surface area (Å²) in [4.78, 5) is 10.2. The highest BCUT2D eigenvalue weighted by molar-refractivity contribution is 5.77. The van der Waals surface area contributed by atoms with Gasteiger partial charge in [-0.15, -0.1) is 0 Å². The van der Waals surface area contributed by atoms with Crippen molar-refractivity contribution in [1.29, 1.82) is 0 Å². The molecule has 60 valence electrons. The van der Waals surface area contributed by atoms with Crippen LogP contribution in [-0.4, -0.2) is 11.4 Å². The van der Waals surface area contributed by atoms with Crippen molar-refractivity contribution in [3.05, 3.63) is 36.3 Å². The fourth-order valence-corrected chi connectivity index (χ4v) is 0.490. The number of allylic oxidation sites excluding steroid dienone is 3. The first kappa shape index (κ1) is 9.49. The third kappa shape index (κ3) is 4.96. The van der Waals surface area contributed by atoms with Crippen LogP contribution in [0.25, 0.3) is 0 Å². The number of hydrogen-bond acceptors (Lipinski definition) is 3. The van der Waals surface area contributed by atoms with Crippen LogP contribution in [0.2, 0.25) is 0 Å². The maximum Gasteiger partial charge on any atom is 0.149 e. The van der Waals surface area contributed by atoms with E-state index in [9.17, 15) is 4.79 Å². The Morgan fingerprint density at radius 3 is 2.64 bits per heavy atom. The number of hydrogen-bond donors (Lipinski definition) is 2. The van der Waals surface area contributed by atoms with Gasteiger partial charge in [0.25, 0.3) is 0 Å². The van der Waals surface area contributed by atoms with Gasteiger partial charge in [0.1, 0.15) is 6.29 Å². The van der Waals surface area contributed by atoms with Crippen LogP contribution in [0.4, 0.5) is 0 Å². The maximum absolute atomic E-state index is 10.2. The molecule has 0 amide bonds. The second-order valence-corrected chi connectivity index (χ2v) is 2.00. The van der Waals surface area contributed by atoms with Crippen molar-refractivity contribution >= 4 is 6.29 Å². The van der Waals surface area contributed by atoms with Gasteiger partial charge in [0.15, 0.2) is 0 Å². The van der Waals surface area contributed by atoms with Gasteiger partial charge in [0.2, 0.25) is 0 Å². The van der Waals surface area contributed by atoms with E-state index in [0.29, 0.717) is 24.0 Å². The molecule has 3 nitrogen and oxygen atoms in total. The minimum absolute atomic E-state index is 0.388. The third-order valence-electron chi connectivity index (χ3n) is 1.00. The minimum Gasteiger partial charge on any atom is -0.516 e. The summed E-state index contributed by atoms with van der Waals surface area (Å²) >= 11 is 0. The topological polar surface area (TPSA) is 63.3 Å². The molecule has 3 N–H and O–H groups in total. The van der Waals surface area contributed by atoms with Gasteiger partial charge in [-0.2, -0.15) is 0 Å². The summed E-state index contributed by atoms with van der Waals surface area (Å²) in [5.74, 6) is 0. The van der Waals surface area contributed by atoms with Crippen molar-refractivity contribution in [2.45, 2.75) is 6.42 Å². The lowest BCUT2D eigenvalue weighted by atomic mass is 10.2. The second-order valence-electron chi connectivity index (χ2n) is 2.00. The van der Waals surface area contributed by atoms with Gasteiger partial charge >= 0.3 is 0 Å². The molecule has 11 heavy (non-hydrogen) atoms. The van der Waals surface area contributed by atoms with Crippen LogP contribution in [0.3, 0.4) is 0 Å². The van der Waals surface area contributed by atoms with Gasteiger partial charge in [0.05, 0.1) is 6.26 Å². The lowest BCUT2D eigenvalue weighted by molar-refractivity contribution is -0.104. The van der Waals surface area contributed by atoms with Crippen LogP contribution >= 0.6 is 0 Å². The predicted octanol–water partition coefficient (Wildman–Crippen LogP) is 1.05. The largest absolute Gasteiger partial charge is 0.516 e. The standard InChI is InChI=1S/C8H11NO2/c1-7(9)2-3-8(6-11)4-5-10/h3-6,10H,1-2,9H2/b5-4+,8-3+. The summed E-state index contributed by atoms with van der Waals surface area (Å²) in [5.41, 5.74) is 6.12. The Labute approximate surface area is 65.5 Å². The number of carbonyl (C=O) groups is 1. The highest BCUT2D eigenvalue weighted by atomic mass is 16.2. The van der Waals surface area contributed by atoms with Crippen molar-refractivity contribution < 1.29 is 9.90 Å². The first-order valence-corrected chi connectivity index (χ1v) is 3.10. The molecule has 0 atom stereocenters. The van der Waals surface area contributed by atoms with Gasteiger partial charge in [-0.3, -0.25) is 4.79 Å². The second kappa shape index (κ2) is 5.29. The van der Waals surface area contributed by atoms with E-state index in [-0.39, 0.29) is 0 Å². The number of carbonyl (C=O) groups excluding carboxylic acids is 1. The molecule has 0 aromatic rings. The van der Waals surface area contributed by atoms with Crippen LogP contribution in [0.5, 0.6) is 0 Å². The van der Waals surface area contributed by atoms with E-state index in [0.717, 1.165) is 6.26 Å². The Bertz CT molecular complexity index is 204. The minimum atomic E-state index is 0.388. The van der Waals surface area contributed by atoms with Crippen molar-refractivity contribution in [1.82, 2.24) is 0 Å². The summed E-state index contributed by atoms with van der Waals surface area (Å²) in [5, 5.41) is 8.30. The van der Waals surface area contributed by atoms with E-state index in [1.165, 1.54) is 6.08 Å². The molecule has 0 rings (SSSR count). The van der Waals surface area contributed by atoms with Crippen LogP contribution < -0.4 is 5.73 Å². The first-order chi connectivity index (χ1) is 5.20. The summed E-state index contributed by atoms with van der Waals surface area (Å²) in [6.45, 7) is 3.45. The van der Waals surface area contributed by atoms with Gasteiger partial charge in [-0.05, 0) is 6.08 Å². The fraction of sp³-hybridized carbons (Fsp3) is 0.125. The van der Waals surface area contributed by atoms with Gasteiger partial charge in [-0.1, -0.05) is 12.7 Å². The highest BCUT2D eigenvalue weighted by Gasteiger charge is 1.88. The molecular weight excluding hydrogens is 142 g/mol. The van der Waals surface area contributed by atoms with Gasteiger partial charge < -0.3 is 10.8 Å². The van der Waals surface area contributed by atoms with E-state index in [1.54, 1.807) is 6.08 Å².